The third-order valence-corrected chi connectivity index (χ3v) is 6.11. The third kappa shape index (κ3) is 4.89. The SMILES string of the molecule is CCn1c(SCC(=O)Nc2nnc(-c3ccc(O)cc3)s2)nnc1-c1ccc(F)cc1. The maximum Gasteiger partial charge on any atom is 0.236 e. The number of nitrogens with zero attached hydrogens (tertiary/aromatic N) is 5. The van der Waals surface area contributed by atoms with Crippen LogP contribution < -0.4 is 5.32 Å². The average molecular weight is 457 g/mol. The van der Waals surface area contributed by atoms with Crippen LogP contribution in [0.4, 0.5) is 9.52 Å². The van der Waals surface area contributed by atoms with Crippen LogP contribution in [0, 0.1) is 5.82 Å². The molecule has 1 amide bonds. The van der Waals surface area contributed by atoms with Crippen LogP contribution in [0.25, 0.3) is 22.0 Å². The summed E-state index contributed by atoms with van der Waals surface area (Å²) in [7, 11) is 0. The second kappa shape index (κ2) is 9.23. The van der Waals surface area contributed by atoms with Crippen LogP contribution in [-0.2, 0) is 11.3 Å². The zero-order valence-electron chi connectivity index (χ0n) is 16.3. The van der Waals surface area contributed by atoms with Crippen molar-refractivity contribution in [1.82, 2.24) is 25.0 Å². The van der Waals surface area contributed by atoms with Crippen LogP contribution in [0.15, 0.2) is 53.7 Å². The van der Waals surface area contributed by atoms with Crippen LogP contribution in [0.5, 0.6) is 5.75 Å². The predicted molar refractivity (Wildman–Crippen MR) is 117 cm³/mol. The first-order chi connectivity index (χ1) is 15.0. The molecule has 11 heteroatoms. The molecule has 4 aromatic rings. The fraction of sp³-hybridized carbons (Fsp3) is 0.150. The van der Waals surface area contributed by atoms with Crippen LogP contribution >= 0.6 is 23.1 Å². The molecule has 4 rings (SSSR count). The summed E-state index contributed by atoms with van der Waals surface area (Å²) in [5.74, 6) is 0.347. The molecule has 0 aliphatic heterocycles. The zero-order chi connectivity index (χ0) is 21.8. The predicted octanol–water partition coefficient (Wildman–Crippen LogP) is 4.06. The van der Waals surface area contributed by atoms with E-state index in [1.54, 1.807) is 36.4 Å². The van der Waals surface area contributed by atoms with Gasteiger partial charge in [0.1, 0.15) is 16.6 Å². The van der Waals surface area contributed by atoms with Crippen LogP contribution in [0.1, 0.15) is 6.92 Å². The van der Waals surface area contributed by atoms with Gasteiger partial charge in [-0.1, -0.05) is 23.1 Å². The minimum atomic E-state index is -0.317. The number of anilines is 1. The number of aromatic nitrogens is 5. The monoisotopic (exact) mass is 456 g/mol. The van der Waals surface area contributed by atoms with E-state index in [0.29, 0.717) is 27.7 Å². The third-order valence-electron chi connectivity index (χ3n) is 4.25. The highest BCUT2D eigenvalue weighted by atomic mass is 32.2. The van der Waals surface area contributed by atoms with Gasteiger partial charge >= 0.3 is 0 Å². The van der Waals surface area contributed by atoms with Crippen molar-refractivity contribution in [2.75, 3.05) is 11.1 Å². The highest BCUT2D eigenvalue weighted by molar-refractivity contribution is 7.99. The van der Waals surface area contributed by atoms with Gasteiger partial charge < -0.3 is 9.67 Å². The van der Waals surface area contributed by atoms with E-state index < -0.39 is 0 Å². The Morgan fingerprint density at radius 2 is 1.77 bits per heavy atom. The van der Waals surface area contributed by atoms with Gasteiger partial charge in [0.25, 0.3) is 0 Å². The molecule has 0 fully saturated rings. The quantitative estimate of drug-likeness (QED) is 0.404. The second-order valence-electron chi connectivity index (χ2n) is 6.35. The summed E-state index contributed by atoms with van der Waals surface area (Å²) in [5.41, 5.74) is 1.55. The van der Waals surface area contributed by atoms with E-state index in [1.807, 2.05) is 11.5 Å². The highest BCUT2D eigenvalue weighted by Crippen LogP contribution is 2.28. The highest BCUT2D eigenvalue weighted by Gasteiger charge is 2.16. The number of hydrogen-bond donors (Lipinski definition) is 2. The molecule has 0 bridgehead atoms. The van der Waals surface area contributed by atoms with E-state index in [0.717, 1.165) is 11.1 Å². The molecule has 0 saturated carbocycles. The first-order valence-corrected chi connectivity index (χ1v) is 11.1. The number of rotatable bonds is 7. The number of carbonyl (C=O) groups excluding carboxylic acids is 1. The topological polar surface area (TPSA) is 106 Å². The maximum atomic E-state index is 13.2. The fourth-order valence-corrected chi connectivity index (χ4v) is 4.34. The molecule has 31 heavy (non-hydrogen) atoms. The first-order valence-electron chi connectivity index (χ1n) is 9.28. The van der Waals surface area contributed by atoms with Gasteiger partial charge in [-0.3, -0.25) is 10.1 Å². The van der Waals surface area contributed by atoms with Gasteiger partial charge in [-0.2, -0.15) is 0 Å². The Morgan fingerprint density at radius 1 is 1.06 bits per heavy atom. The molecule has 2 aromatic carbocycles. The Balaban J connectivity index is 1.39. The normalized spacial score (nSPS) is 10.9. The molecular weight excluding hydrogens is 439 g/mol. The maximum absolute atomic E-state index is 13.2. The van der Waals surface area contributed by atoms with Crippen molar-refractivity contribution in [3.05, 3.63) is 54.3 Å². The molecule has 2 N–H and O–H groups in total. The van der Waals surface area contributed by atoms with Gasteiger partial charge in [-0.15, -0.1) is 20.4 Å². The number of aromatic hydroxyl groups is 1. The number of halogens is 1. The number of carbonyl (C=O) groups is 1. The largest absolute Gasteiger partial charge is 0.508 e. The molecule has 0 aliphatic rings. The number of nitrogens with one attached hydrogen (secondary N) is 1. The van der Waals surface area contributed by atoms with E-state index in [9.17, 15) is 14.3 Å². The minimum Gasteiger partial charge on any atom is -0.508 e. The van der Waals surface area contributed by atoms with Crippen molar-refractivity contribution in [2.45, 2.75) is 18.6 Å². The van der Waals surface area contributed by atoms with Crippen molar-refractivity contribution in [3.63, 3.8) is 0 Å². The number of benzene rings is 2. The zero-order valence-corrected chi connectivity index (χ0v) is 18.0. The molecule has 0 radical (unpaired) electrons. The van der Waals surface area contributed by atoms with E-state index in [-0.39, 0.29) is 23.2 Å². The fourth-order valence-electron chi connectivity index (χ4n) is 2.77. The lowest BCUT2D eigenvalue weighted by atomic mass is 10.2. The molecule has 158 valence electrons. The van der Waals surface area contributed by atoms with Gasteiger partial charge in [0.2, 0.25) is 11.0 Å². The Hall–Kier alpha value is -3.31. The number of phenolic OH excluding ortho intramolecular Hbond substituents is 1. The Kier molecular flexibility index (Phi) is 6.23. The molecule has 0 saturated heterocycles. The van der Waals surface area contributed by atoms with E-state index in [1.165, 1.54) is 35.2 Å². The van der Waals surface area contributed by atoms with Crippen LogP contribution in [0.3, 0.4) is 0 Å². The second-order valence-corrected chi connectivity index (χ2v) is 8.27. The average Bonchev–Trinajstić information content (AvgIpc) is 3.40. The Morgan fingerprint density at radius 3 is 2.48 bits per heavy atom. The smallest absolute Gasteiger partial charge is 0.236 e. The summed E-state index contributed by atoms with van der Waals surface area (Å²) in [6.45, 7) is 2.56. The summed E-state index contributed by atoms with van der Waals surface area (Å²) in [6, 6.07) is 12.6. The number of thioether (sulfide) groups is 1. The van der Waals surface area contributed by atoms with Crippen molar-refractivity contribution in [1.29, 1.82) is 0 Å². The van der Waals surface area contributed by atoms with Gasteiger partial charge in [-0.25, -0.2) is 4.39 Å². The summed E-state index contributed by atoms with van der Waals surface area (Å²) in [5, 5.41) is 30.2. The number of hydrogen-bond acceptors (Lipinski definition) is 8. The van der Waals surface area contributed by atoms with E-state index in [2.05, 4.69) is 25.7 Å². The van der Waals surface area contributed by atoms with Gasteiger partial charge in [0.15, 0.2) is 11.0 Å². The molecule has 0 aliphatic carbocycles. The standard InChI is InChI=1S/C20H17FN6O2S2/c1-2-27-17(12-3-7-14(21)8-4-12)23-26-20(27)30-11-16(29)22-19-25-24-18(31-19)13-5-9-15(28)10-6-13/h3-10,28H,2,11H2,1H3,(H,22,25,29). The summed E-state index contributed by atoms with van der Waals surface area (Å²) in [6.07, 6.45) is 0. The first kappa shape index (κ1) is 20.9. The van der Waals surface area contributed by atoms with Gasteiger partial charge in [0, 0.05) is 17.7 Å². The Labute approximate surface area is 185 Å². The molecule has 0 atom stereocenters. The van der Waals surface area contributed by atoms with Crippen molar-refractivity contribution in [2.24, 2.45) is 0 Å². The molecule has 2 heterocycles. The van der Waals surface area contributed by atoms with Gasteiger partial charge in [-0.05, 0) is 55.5 Å². The lowest BCUT2D eigenvalue weighted by molar-refractivity contribution is -0.113. The van der Waals surface area contributed by atoms with Gasteiger partial charge in [0.05, 0.1) is 5.75 Å². The Bertz CT molecular complexity index is 1190. The number of amides is 1. The molecule has 0 spiro atoms. The van der Waals surface area contributed by atoms with Crippen molar-refractivity contribution in [3.8, 4) is 27.7 Å². The summed E-state index contributed by atoms with van der Waals surface area (Å²) >= 11 is 2.50. The lowest BCUT2D eigenvalue weighted by Gasteiger charge is -2.07. The minimum absolute atomic E-state index is 0.121. The van der Waals surface area contributed by atoms with E-state index >= 15 is 0 Å². The van der Waals surface area contributed by atoms with Crippen LogP contribution in [0.2, 0.25) is 0 Å². The summed E-state index contributed by atoms with van der Waals surface area (Å²) in [4.78, 5) is 12.4. The lowest BCUT2D eigenvalue weighted by Crippen LogP contribution is -2.14. The molecule has 2 aromatic heterocycles. The van der Waals surface area contributed by atoms with Crippen molar-refractivity contribution < 1.29 is 14.3 Å². The van der Waals surface area contributed by atoms with Crippen LogP contribution in [-0.4, -0.2) is 41.7 Å². The molecular formula is C20H17FN6O2S2. The van der Waals surface area contributed by atoms with E-state index in [4.69, 9.17) is 0 Å². The summed E-state index contributed by atoms with van der Waals surface area (Å²) < 4.78 is 15.1. The number of phenols is 1. The molecule has 0 unspecified atom stereocenters. The molecule has 8 nitrogen and oxygen atoms in total. The van der Waals surface area contributed by atoms with Crippen molar-refractivity contribution >= 4 is 34.1 Å².